The fourth-order valence-electron chi connectivity index (χ4n) is 4.46. The van der Waals surface area contributed by atoms with Crippen LogP contribution < -0.4 is 0 Å². The summed E-state index contributed by atoms with van der Waals surface area (Å²) in [6.45, 7) is 1.68. The predicted molar refractivity (Wildman–Crippen MR) is 105 cm³/mol. The summed E-state index contributed by atoms with van der Waals surface area (Å²) in [5, 5.41) is -0.430. The van der Waals surface area contributed by atoms with Gasteiger partial charge >= 0.3 is 0 Å². The third kappa shape index (κ3) is 2.84. The van der Waals surface area contributed by atoms with Gasteiger partial charge in [-0.1, -0.05) is 24.3 Å². The molecular formula is C22H19FN2O2S. The molecule has 1 fully saturated rings. The second-order valence-electron chi connectivity index (χ2n) is 7.51. The summed E-state index contributed by atoms with van der Waals surface area (Å²) in [4.78, 5) is 6.73. The molecule has 28 heavy (non-hydrogen) atoms. The van der Waals surface area contributed by atoms with E-state index in [0.717, 1.165) is 22.3 Å². The van der Waals surface area contributed by atoms with E-state index in [1.54, 1.807) is 24.5 Å². The Morgan fingerprint density at radius 1 is 1.04 bits per heavy atom. The Bertz CT molecular complexity index is 1150. The van der Waals surface area contributed by atoms with Crippen molar-refractivity contribution in [3.63, 3.8) is 0 Å². The van der Waals surface area contributed by atoms with Gasteiger partial charge in [0, 0.05) is 37.9 Å². The molecule has 4 nitrogen and oxygen atoms in total. The zero-order valence-electron chi connectivity index (χ0n) is 15.1. The topological polar surface area (TPSA) is 50.3 Å². The number of likely N-dealkylation sites (tertiary alicyclic amines) is 1. The van der Waals surface area contributed by atoms with Gasteiger partial charge < -0.3 is 0 Å². The Labute approximate surface area is 163 Å². The minimum absolute atomic E-state index is 0.0508. The van der Waals surface area contributed by atoms with Crippen LogP contribution in [0.2, 0.25) is 0 Å². The smallest absolute Gasteiger partial charge is 0.183 e. The largest absolute Gasteiger partial charge is 0.297 e. The number of benzene rings is 2. The molecule has 0 radical (unpaired) electrons. The first-order chi connectivity index (χ1) is 13.5. The average molecular weight is 394 g/mol. The van der Waals surface area contributed by atoms with E-state index in [-0.39, 0.29) is 11.7 Å². The maximum Gasteiger partial charge on any atom is 0.183 e. The fourth-order valence-corrected chi connectivity index (χ4v) is 6.66. The number of sulfone groups is 1. The number of pyridine rings is 1. The molecule has 0 N–H and O–H groups in total. The normalized spacial score (nSPS) is 22.8. The lowest BCUT2D eigenvalue weighted by Crippen LogP contribution is -2.25. The Kier molecular flexibility index (Phi) is 4.07. The van der Waals surface area contributed by atoms with E-state index in [1.165, 1.54) is 12.1 Å². The van der Waals surface area contributed by atoms with Gasteiger partial charge in [-0.2, -0.15) is 0 Å². The second kappa shape index (κ2) is 6.50. The van der Waals surface area contributed by atoms with E-state index in [4.69, 9.17) is 0 Å². The van der Waals surface area contributed by atoms with E-state index < -0.39 is 15.1 Å². The van der Waals surface area contributed by atoms with Gasteiger partial charge in [-0.25, -0.2) is 12.8 Å². The lowest BCUT2D eigenvalue weighted by atomic mass is 9.95. The van der Waals surface area contributed by atoms with Crippen LogP contribution in [0.25, 0.3) is 11.1 Å². The Morgan fingerprint density at radius 3 is 2.71 bits per heavy atom. The Balaban J connectivity index is 1.47. The van der Waals surface area contributed by atoms with E-state index in [9.17, 15) is 12.8 Å². The zero-order valence-corrected chi connectivity index (χ0v) is 15.9. The van der Waals surface area contributed by atoms with Crippen LogP contribution in [-0.4, -0.2) is 36.6 Å². The molecule has 1 saturated heterocycles. The fraction of sp³-hybridized carbons (Fsp3) is 0.227. The van der Waals surface area contributed by atoms with Crippen molar-refractivity contribution in [2.75, 3.05) is 13.1 Å². The molecule has 1 aromatic heterocycles. The van der Waals surface area contributed by atoms with Crippen LogP contribution in [0.3, 0.4) is 0 Å². The lowest BCUT2D eigenvalue weighted by Gasteiger charge is -2.17. The number of rotatable bonds is 3. The summed E-state index contributed by atoms with van der Waals surface area (Å²) >= 11 is 0. The van der Waals surface area contributed by atoms with Gasteiger partial charge in [-0.05, 0) is 52.6 Å². The van der Waals surface area contributed by atoms with Crippen molar-refractivity contribution in [1.29, 1.82) is 0 Å². The van der Waals surface area contributed by atoms with Crippen molar-refractivity contribution < 1.29 is 12.8 Å². The van der Waals surface area contributed by atoms with Crippen LogP contribution in [0.4, 0.5) is 4.39 Å². The molecule has 0 aliphatic carbocycles. The molecule has 0 amide bonds. The number of halogens is 1. The molecule has 0 saturated carbocycles. The second-order valence-corrected chi connectivity index (χ2v) is 9.64. The SMILES string of the molecule is O=S1(=O)c2ccc(-c3cccnc3)cc2[C@@H]2CN(Cc3cccc(F)c3)C[C@H]21. The highest BCUT2D eigenvalue weighted by Crippen LogP contribution is 2.46. The lowest BCUT2D eigenvalue weighted by molar-refractivity contribution is 0.325. The summed E-state index contributed by atoms with van der Waals surface area (Å²) < 4.78 is 39.6. The molecule has 2 aliphatic rings. The highest BCUT2D eigenvalue weighted by atomic mass is 32.2. The molecule has 6 heteroatoms. The molecule has 0 bridgehead atoms. The summed E-state index contributed by atoms with van der Waals surface area (Å²) in [6, 6.07) is 15.9. The van der Waals surface area contributed by atoms with Crippen LogP contribution in [0.5, 0.6) is 0 Å². The first-order valence-corrected chi connectivity index (χ1v) is 10.8. The molecule has 3 heterocycles. The first kappa shape index (κ1) is 17.5. The first-order valence-electron chi connectivity index (χ1n) is 9.27. The minimum Gasteiger partial charge on any atom is -0.297 e. The molecular weight excluding hydrogens is 375 g/mol. The van der Waals surface area contributed by atoms with Crippen molar-refractivity contribution in [3.8, 4) is 11.1 Å². The number of fused-ring (bicyclic) bond motifs is 3. The molecule has 5 rings (SSSR count). The van der Waals surface area contributed by atoms with Crippen LogP contribution >= 0.6 is 0 Å². The summed E-state index contributed by atoms with van der Waals surface area (Å²) in [7, 11) is -3.35. The van der Waals surface area contributed by atoms with Gasteiger partial charge in [0.2, 0.25) is 0 Å². The quantitative estimate of drug-likeness (QED) is 0.681. The van der Waals surface area contributed by atoms with Crippen LogP contribution in [0, 0.1) is 5.82 Å². The zero-order chi connectivity index (χ0) is 19.3. The molecule has 2 aromatic carbocycles. The summed E-state index contributed by atoms with van der Waals surface area (Å²) in [5.41, 5.74) is 3.71. The van der Waals surface area contributed by atoms with Gasteiger partial charge in [0.05, 0.1) is 10.1 Å². The molecule has 2 aliphatic heterocycles. The molecule has 0 unspecified atom stereocenters. The van der Waals surface area contributed by atoms with Gasteiger partial charge in [0.15, 0.2) is 9.84 Å². The molecule has 142 valence electrons. The molecule has 0 spiro atoms. The number of hydrogen-bond donors (Lipinski definition) is 0. The highest BCUT2D eigenvalue weighted by Gasteiger charge is 2.50. The van der Waals surface area contributed by atoms with Crippen molar-refractivity contribution in [2.45, 2.75) is 22.6 Å². The van der Waals surface area contributed by atoms with E-state index in [0.29, 0.717) is 24.5 Å². The minimum atomic E-state index is -3.35. The van der Waals surface area contributed by atoms with E-state index in [1.807, 2.05) is 30.3 Å². The van der Waals surface area contributed by atoms with Crippen molar-refractivity contribution in [1.82, 2.24) is 9.88 Å². The average Bonchev–Trinajstić information content (AvgIpc) is 3.20. The van der Waals surface area contributed by atoms with Crippen molar-refractivity contribution in [2.24, 2.45) is 0 Å². The number of nitrogens with zero attached hydrogens (tertiary/aromatic N) is 2. The van der Waals surface area contributed by atoms with Gasteiger partial charge in [-0.15, -0.1) is 0 Å². The Hall–Kier alpha value is -2.57. The van der Waals surface area contributed by atoms with E-state index >= 15 is 0 Å². The number of hydrogen-bond acceptors (Lipinski definition) is 4. The maximum absolute atomic E-state index is 13.5. The summed E-state index contributed by atoms with van der Waals surface area (Å²) in [6.07, 6.45) is 3.51. The van der Waals surface area contributed by atoms with Gasteiger partial charge in [-0.3, -0.25) is 9.88 Å². The standard InChI is InChI=1S/C22H19FN2O2S/c23-18-5-1-3-15(9-18)12-25-13-20-19-10-16(17-4-2-8-24-11-17)6-7-21(19)28(26,27)22(20)14-25/h1-11,20,22H,12-14H2/t20-,22+/m0/s1. The van der Waals surface area contributed by atoms with Crippen molar-refractivity contribution >= 4 is 9.84 Å². The van der Waals surface area contributed by atoms with Gasteiger partial charge in [0.25, 0.3) is 0 Å². The third-order valence-electron chi connectivity index (χ3n) is 5.75. The van der Waals surface area contributed by atoms with Crippen LogP contribution in [0.15, 0.2) is 71.9 Å². The van der Waals surface area contributed by atoms with Crippen LogP contribution in [-0.2, 0) is 16.4 Å². The third-order valence-corrected chi connectivity index (χ3v) is 8.01. The molecule has 2 atom stereocenters. The van der Waals surface area contributed by atoms with Gasteiger partial charge in [0.1, 0.15) is 5.82 Å². The monoisotopic (exact) mass is 394 g/mol. The Morgan fingerprint density at radius 2 is 1.93 bits per heavy atom. The predicted octanol–water partition coefficient (Wildman–Crippen LogP) is 3.64. The highest BCUT2D eigenvalue weighted by molar-refractivity contribution is 7.92. The summed E-state index contributed by atoms with van der Waals surface area (Å²) in [5.74, 6) is -0.318. The molecule has 3 aromatic rings. The maximum atomic E-state index is 13.5. The number of aromatic nitrogens is 1. The van der Waals surface area contributed by atoms with E-state index in [2.05, 4.69) is 9.88 Å². The van der Waals surface area contributed by atoms with Crippen molar-refractivity contribution in [3.05, 3.63) is 83.9 Å². The van der Waals surface area contributed by atoms with Crippen LogP contribution in [0.1, 0.15) is 17.0 Å².